The summed E-state index contributed by atoms with van der Waals surface area (Å²) in [4.78, 5) is 38.0. The molecule has 1 aliphatic heterocycles. The highest BCUT2D eigenvalue weighted by Crippen LogP contribution is 2.28. The van der Waals surface area contributed by atoms with E-state index in [0.29, 0.717) is 30.8 Å². The second kappa shape index (κ2) is 9.84. The highest BCUT2D eigenvalue weighted by molar-refractivity contribution is 6.00. The van der Waals surface area contributed by atoms with Crippen molar-refractivity contribution in [3.05, 3.63) is 35.4 Å². The van der Waals surface area contributed by atoms with Gasteiger partial charge < -0.3 is 20.5 Å². The summed E-state index contributed by atoms with van der Waals surface area (Å²) in [6.45, 7) is 2.34. The lowest BCUT2D eigenvalue weighted by molar-refractivity contribution is -0.134. The van der Waals surface area contributed by atoms with Gasteiger partial charge in [-0.1, -0.05) is 12.1 Å². The lowest BCUT2D eigenvalue weighted by Gasteiger charge is -2.17. The van der Waals surface area contributed by atoms with E-state index in [4.69, 9.17) is 25.3 Å². The molecule has 1 aromatic carbocycles. The zero-order valence-electron chi connectivity index (χ0n) is 17.0. The Labute approximate surface area is 178 Å². The molecule has 1 fully saturated rings. The van der Waals surface area contributed by atoms with Crippen molar-refractivity contribution >= 4 is 17.6 Å². The predicted octanol–water partition coefficient (Wildman–Crippen LogP) is 0.561. The van der Waals surface area contributed by atoms with Crippen LogP contribution in [0, 0.1) is 11.3 Å². The van der Waals surface area contributed by atoms with E-state index in [2.05, 4.69) is 20.8 Å². The van der Waals surface area contributed by atoms with Crippen molar-refractivity contribution < 1.29 is 23.9 Å². The van der Waals surface area contributed by atoms with Gasteiger partial charge in [0.25, 0.3) is 11.8 Å². The van der Waals surface area contributed by atoms with Gasteiger partial charge in [0.1, 0.15) is 17.5 Å². The van der Waals surface area contributed by atoms with Crippen molar-refractivity contribution in [3.63, 3.8) is 0 Å². The second-order valence-corrected chi connectivity index (χ2v) is 6.71. The van der Waals surface area contributed by atoms with Crippen LogP contribution in [0.25, 0.3) is 11.4 Å². The van der Waals surface area contributed by atoms with Crippen molar-refractivity contribution in [2.24, 2.45) is 0 Å². The average molecular weight is 426 g/mol. The minimum absolute atomic E-state index is 0.0472. The van der Waals surface area contributed by atoms with E-state index in [1.54, 1.807) is 24.3 Å². The number of hydrogen-bond donors (Lipinski definition) is 3. The first kappa shape index (κ1) is 21.9. The summed E-state index contributed by atoms with van der Waals surface area (Å²) in [6.07, 6.45) is -0.629. The monoisotopic (exact) mass is 426 g/mol. The molecule has 4 N–H and O–H groups in total. The minimum Gasteiger partial charge on any atom is -0.471 e. The van der Waals surface area contributed by atoms with Crippen molar-refractivity contribution in [2.45, 2.75) is 25.6 Å². The fourth-order valence-corrected chi connectivity index (χ4v) is 2.83. The van der Waals surface area contributed by atoms with Crippen molar-refractivity contribution in [1.29, 1.82) is 5.26 Å². The van der Waals surface area contributed by atoms with Gasteiger partial charge in [-0.2, -0.15) is 10.2 Å². The highest BCUT2D eigenvalue weighted by Gasteiger charge is 2.27. The molecule has 0 spiro atoms. The van der Waals surface area contributed by atoms with E-state index in [9.17, 15) is 9.59 Å². The Balaban J connectivity index is 1.94. The van der Waals surface area contributed by atoms with E-state index in [1.807, 2.05) is 6.07 Å². The van der Waals surface area contributed by atoms with Crippen molar-refractivity contribution in [2.75, 3.05) is 26.0 Å². The number of likely N-dealkylation sites (N-methyl/N-ethyl adjacent to an activating group) is 1. The second-order valence-electron chi connectivity index (χ2n) is 6.71. The maximum absolute atomic E-state index is 12.7. The van der Waals surface area contributed by atoms with Gasteiger partial charge in [0.05, 0.1) is 24.8 Å². The quantitative estimate of drug-likeness (QED) is 0.537. The first-order valence-electron chi connectivity index (χ1n) is 9.53. The number of nitrogens with zero attached hydrogens (tertiary/aromatic N) is 3. The molecule has 11 nitrogen and oxygen atoms in total. The third-order valence-corrected chi connectivity index (χ3v) is 4.49. The standard InChI is InChI=1S/C20H22N6O5/c1-11(18(27)23-2)31-26-19(28)15-16(22)24-17(13-5-3-4-12(8-13)9-21)25-20(15)30-14-6-7-29-10-14/h3-5,8,11,14H,6-7,10H2,1-2H3,(H,23,27)(H,26,28)(H2,22,24,25)/t11-,14-/m0/s1. The number of nitrogens with one attached hydrogen (secondary N) is 2. The first-order valence-corrected chi connectivity index (χ1v) is 9.53. The van der Waals surface area contributed by atoms with Gasteiger partial charge >= 0.3 is 0 Å². The summed E-state index contributed by atoms with van der Waals surface area (Å²) >= 11 is 0. The largest absolute Gasteiger partial charge is 0.471 e. The molecule has 11 heteroatoms. The number of nitriles is 1. The molecule has 1 aliphatic rings. The number of rotatable bonds is 7. The third kappa shape index (κ3) is 5.25. The maximum Gasteiger partial charge on any atom is 0.284 e. The number of carbonyl (C=O) groups is 2. The molecular weight excluding hydrogens is 404 g/mol. The van der Waals surface area contributed by atoms with Crippen LogP contribution >= 0.6 is 0 Å². The van der Waals surface area contributed by atoms with Crippen LogP contribution in [0.2, 0.25) is 0 Å². The fourth-order valence-electron chi connectivity index (χ4n) is 2.83. The molecule has 0 unspecified atom stereocenters. The molecule has 0 aliphatic carbocycles. The number of hydroxylamine groups is 1. The highest BCUT2D eigenvalue weighted by atomic mass is 16.7. The number of aromatic nitrogens is 2. The Hall–Kier alpha value is -3.75. The minimum atomic E-state index is -0.934. The molecule has 2 amide bonds. The van der Waals surface area contributed by atoms with Gasteiger partial charge in [-0.25, -0.2) is 10.5 Å². The first-order chi connectivity index (χ1) is 14.9. The Kier molecular flexibility index (Phi) is 6.96. The van der Waals surface area contributed by atoms with Gasteiger partial charge in [-0.15, -0.1) is 0 Å². The Morgan fingerprint density at radius 2 is 2.19 bits per heavy atom. The van der Waals surface area contributed by atoms with Gasteiger partial charge in [0.2, 0.25) is 5.88 Å². The van der Waals surface area contributed by atoms with Crippen LogP contribution in [-0.4, -0.2) is 54.3 Å². The summed E-state index contributed by atoms with van der Waals surface area (Å²) in [7, 11) is 1.45. The molecule has 1 saturated heterocycles. The van der Waals surface area contributed by atoms with E-state index >= 15 is 0 Å². The molecule has 2 heterocycles. The number of hydrogen-bond acceptors (Lipinski definition) is 9. The SMILES string of the molecule is CNC(=O)[C@H](C)ONC(=O)c1c(N)nc(-c2cccc(C#N)c2)nc1O[C@H]1CCOC1. The summed E-state index contributed by atoms with van der Waals surface area (Å²) in [5, 5.41) is 11.5. The maximum atomic E-state index is 12.7. The molecule has 0 radical (unpaired) electrons. The molecule has 0 bridgehead atoms. The molecule has 2 atom stereocenters. The Bertz CT molecular complexity index is 1020. The van der Waals surface area contributed by atoms with E-state index in [1.165, 1.54) is 14.0 Å². The zero-order chi connectivity index (χ0) is 22.4. The number of nitrogens with two attached hydrogens (primary N) is 1. The number of nitrogen functional groups attached to an aromatic ring is 1. The molecule has 2 aromatic rings. The number of amides is 2. The van der Waals surface area contributed by atoms with E-state index < -0.39 is 17.9 Å². The third-order valence-electron chi connectivity index (χ3n) is 4.49. The van der Waals surface area contributed by atoms with Crippen molar-refractivity contribution in [1.82, 2.24) is 20.8 Å². The molecular formula is C20H22N6O5. The van der Waals surface area contributed by atoms with Crippen molar-refractivity contribution in [3.8, 4) is 23.3 Å². The normalized spacial score (nSPS) is 16.2. The Morgan fingerprint density at radius 1 is 1.39 bits per heavy atom. The van der Waals surface area contributed by atoms with Crippen LogP contribution < -0.4 is 21.3 Å². The topological polar surface area (TPSA) is 161 Å². The lowest BCUT2D eigenvalue weighted by atomic mass is 10.1. The number of anilines is 1. The van der Waals surface area contributed by atoms with Gasteiger partial charge in [-0.05, 0) is 19.1 Å². The molecule has 0 saturated carbocycles. The summed E-state index contributed by atoms with van der Waals surface area (Å²) in [6, 6.07) is 8.70. The molecule has 3 rings (SSSR count). The van der Waals surface area contributed by atoms with Gasteiger partial charge in [-0.3, -0.25) is 14.4 Å². The zero-order valence-corrected chi connectivity index (χ0v) is 17.0. The average Bonchev–Trinajstić information content (AvgIpc) is 3.29. The van der Waals surface area contributed by atoms with Crippen LogP contribution in [0.3, 0.4) is 0 Å². The van der Waals surface area contributed by atoms with E-state index in [0.717, 1.165) is 0 Å². The van der Waals surface area contributed by atoms with Crippen LogP contribution in [0.15, 0.2) is 24.3 Å². The van der Waals surface area contributed by atoms with Crippen LogP contribution in [0.4, 0.5) is 5.82 Å². The number of benzene rings is 1. The van der Waals surface area contributed by atoms with Crippen LogP contribution in [-0.2, 0) is 14.4 Å². The van der Waals surface area contributed by atoms with Crippen LogP contribution in [0.1, 0.15) is 29.3 Å². The summed E-state index contributed by atoms with van der Waals surface area (Å²) in [5.41, 5.74) is 9.09. The summed E-state index contributed by atoms with van der Waals surface area (Å²) < 4.78 is 11.2. The van der Waals surface area contributed by atoms with Crippen LogP contribution in [0.5, 0.6) is 5.88 Å². The van der Waals surface area contributed by atoms with Gasteiger partial charge in [0.15, 0.2) is 11.9 Å². The lowest BCUT2D eigenvalue weighted by Crippen LogP contribution is -2.38. The fraction of sp³-hybridized carbons (Fsp3) is 0.350. The van der Waals surface area contributed by atoms with Gasteiger partial charge in [0, 0.05) is 19.0 Å². The molecule has 162 valence electrons. The Morgan fingerprint density at radius 3 is 2.87 bits per heavy atom. The molecule has 31 heavy (non-hydrogen) atoms. The summed E-state index contributed by atoms with van der Waals surface area (Å²) in [5.74, 6) is -1.18. The van der Waals surface area contributed by atoms with E-state index in [-0.39, 0.29) is 29.2 Å². The molecule has 1 aromatic heterocycles. The predicted molar refractivity (Wildman–Crippen MR) is 109 cm³/mol. The smallest absolute Gasteiger partial charge is 0.284 e. The number of carbonyl (C=O) groups excluding carboxylic acids is 2. The number of ether oxygens (including phenoxy) is 2.